The van der Waals surface area contributed by atoms with Crippen LogP contribution >= 0.6 is 0 Å². The summed E-state index contributed by atoms with van der Waals surface area (Å²) in [5, 5.41) is 14.4. The molecule has 1 amide bonds. The summed E-state index contributed by atoms with van der Waals surface area (Å²) in [7, 11) is 1.52. The van der Waals surface area contributed by atoms with Crippen molar-refractivity contribution in [3.63, 3.8) is 0 Å². The first-order valence-electron chi connectivity index (χ1n) is 11.2. The van der Waals surface area contributed by atoms with Crippen molar-refractivity contribution in [1.29, 1.82) is 0 Å². The highest BCUT2D eigenvalue weighted by Gasteiger charge is 2.28. The van der Waals surface area contributed by atoms with Crippen molar-refractivity contribution >= 4 is 28.9 Å². The summed E-state index contributed by atoms with van der Waals surface area (Å²) in [5.74, 6) is -0.849. The fourth-order valence-corrected chi connectivity index (χ4v) is 4.01. The maximum atomic E-state index is 13.1. The zero-order valence-corrected chi connectivity index (χ0v) is 19.2. The maximum absolute atomic E-state index is 13.1. The van der Waals surface area contributed by atoms with Crippen LogP contribution in [0, 0.1) is 10.1 Å². The molecule has 1 aliphatic heterocycles. The van der Waals surface area contributed by atoms with Gasteiger partial charge in [0.05, 0.1) is 17.6 Å². The number of hydrogen-bond donors (Lipinski definition) is 1. The van der Waals surface area contributed by atoms with E-state index >= 15 is 0 Å². The summed E-state index contributed by atoms with van der Waals surface area (Å²) in [6.45, 7) is 1.45. The second-order valence-corrected chi connectivity index (χ2v) is 8.07. The molecular formula is C26H25N3O6. The number of carbonyl (C=O) groups is 2. The minimum absolute atomic E-state index is 0.00485. The largest absolute Gasteiger partial charge is 0.497 e. The number of carbonyl (C=O) groups excluding carboxylic acids is 2. The Hall–Kier alpha value is -4.40. The van der Waals surface area contributed by atoms with Crippen molar-refractivity contribution in [3.05, 3.63) is 94.0 Å². The maximum Gasteiger partial charge on any atom is 0.339 e. The number of ether oxygens (including phenoxy) is 2. The Balaban J connectivity index is 1.59. The highest BCUT2D eigenvalue weighted by Crippen LogP contribution is 2.32. The Kier molecular flexibility index (Phi) is 7.25. The topological polar surface area (TPSA) is 111 Å². The fourth-order valence-electron chi connectivity index (χ4n) is 4.01. The second-order valence-electron chi connectivity index (χ2n) is 8.07. The number of nitro benzene ring substituents is 1. The first-order chi connectivity index (χ1) is 17.0. The quantitative estimate of drug-likeness (QED) is 0.285. The lowest BCUT2D eigenvalue weighted by Gasteiger charge is -2.20. The number of nitrogens with zero attached hydrogens (tertiary/aromatic N) is 2. The minimum atomic E-state index is -1.27. The molecule has 180 valence electrons. The van der Waals surface area contributed by atoms with Crippen molar-refractivity contribution in [1.82, 2.24) is 0 Å². The average molecular weight is 476 g/mol. The third kappa shape index (κ3) is 5.57. The second kappa shape index (κ2) is 10.7. The summed E-state index contributed by atoms with van der Waals surface area (Å²) >= 11 is 0. The van der Waals surface area contributed by atoms with Crippen LogP contribution in [-0.2, 0) is 9.53 Å². The van der Waals surface area contributed by atoms with Crippen LogP contribution in [-0.4, -0.2) is 37.0 Å². The summed E-state index contributed by atoms with van der Waals surface area (Å²) < 4.78 is 10.8. The predicted molar refractivity (Wildman–Crippen MR) is 131 cm³/mol. The van der Waals surface area contributed by atoms with Crippen LogP contribution in [0.1, 0.15) is 34.9 Å². The molecule has 1 unspecified atom stereocenters. The van der Waals surface area contributed by atoms with Crippen molar-refractivity contribution in [3.8, 4) is 5.75 Å². The molecule has 1 saturated heterocycles. The summed E-state index contributed by atoms with van der Waals surface area (Å²) in [5.41, 5.74) is 1.23. The van der Waals surface area contributed by atoms with Gasteiger partial charge in [-0.05, 0) is 37.1 Å². The Bertz CT molecular complexity index is 1220. The van der Waals surface area contributed by atoms with Crippen LogP contribution in [0.4, 0.5) is 17.1 Å². The number of amides is 1. The zero-order chi connectivity index (χ0) is 24.8. The lowest BCUT2D eigenvalue weighted by molar-refractivity contribution is -0.384. The SMILES string of the molecule is COc1cccc(NC(=O)C(OC(=O)c2ccc(N3CCCC3)c([N+](=O)[O-])c2)c2ccccc2)c1. The first kappa shape index (κ1) is 23.7. The first-order valence-corrected chi connectivity index (χ1v) is 11.2. The van der Waals surface area contributed by atoms with Gasteiger partial charge >= 0.3 is 5.97 Å². The van der Waals surface area contributed by atoms with Crippen LogP contribution in [0.2, 0.25) is 0 Å². The van der Waals surface area contributed by atoms with Crippen LogP contribution < -0.4 is 15.0 Å². The molecule has 0 saturated carbocycles. The molecule has 1 atom stereocenters. The van der Waals surface area contributed by atoms with Crippen molar-refractivity contribution in [2.45, 2.75) is 18.9 Å². The summed E-state index contributed by atoms with van der Waals surface area (Å²) in [4.78, 5) is 39.3. The molecule has 4 rings (SSSR count). The number of hydrogen-bond acceptors (Lipinski definition) is 7. The number of esters is 1. The van der Waals surface area contributed by atoms with E-state index in [1.807, 2.05) is 4.90 Å². The highest BCUT2D eigenvalue weighted by atomic mass is 16.6. The van der Waals surface area contributed by atoms with Gasteiger partial charge in [-0.2, -0.15) is 0 Å². The van der Waals surface area contributed by atoms with E-state index in [9.17, 15) is 19.7 Å². The molecule has 35 heavy (non-hydrogen) atoms. The number of methoxy groups -OCH3 is 1. The van der Waals surface area contributed by atoms with Gasteiger partial charge < -0.3 is 19.7 Å². The Morgan fingerprint density at radius 2 is 1.74 bits per heavy atom. The lowest BCUT2D eigenvalue weighted by Crippen LogP contribution is -2.26. The molecule has 1 N–H and O–H groups in total. The smallest absolute Gasteiger partial charge is 0.339 e. The highest BCUT2D eigenvalue weighted by molar-refractivity contribution is 5.98. The van der Waals surface area contributed by atoms with Gasteiger partial charge in [0.25, 0.3) is 11.6 Å². The Morgan fingerprint density at radius 1 is 1.00 bits per heavy atom. The van der Waals surface area contributed by atoms with E-state index in [4.69, 9.17) is 9.47 Å². The van der Waals surface area contributed by atoms with E-state index in [-0.39, 0.29) is 11.3 Å². The van der Waals surface area contributed by atoms with E-state index in [0.29, 0.717) is 22.7 Å². The molecule has 0 radical (unpaired) electrons. The molecular weight excluding hydrogens is 450 g/mol. The average Bonchev–Trinajstić information content (AvgIpc) is 3.42. The number of anilines is 2. The number of nitro groups is 1. The summed E-state index contributed by atoms with van der Waals surface area (Å²) in [6, 6.07) is 19.6. The van der Waals surface area contributed by atoms with Crippen molar-refractivity contribution in [2.24, 2.45) is 0 Å². The molecule has 3 aromatic carbocycles. The molecule has 0 spiro atoms. The third-order valence-electron chi connectivity index (χ3n) is 5.76. The number of benzene rings is 3. The monoisotopic (exact) mass is 475 g/mol. The van der Waals surface area contributed by atoms with Gasteiger partial charge in [0.15, 0.2) is 0 Å². The molecule has 3 aromatic rings. The van der Waals surface area contributed by atoms with E-state index in [0.717, 1.165) is 25.9 Å². The zero-order valence-electron chi connectivity index (χ0n) is 19.2. The normalized spacial score (nSPS) is 13.7. The van der Waals surface area contributed by atoms with E-state index in [1.165, 1.54) is 19.2 Å². The molecule has 1 heterocycles. The standard InChI is InChI=1S/C26H25N3O6/c1-34-21-11-7-10-20(17-21)27-25(30)24(18-8-3-2-4-9-18)35-26(31)19-12-13-22(23(16-19)29(32)33)28-14-5-6-15-28/h2-4,7-13,16-17,24H,5-6,14-15H2,1H3,(H,27,30). The van der Waals surface area contributed by atoms with Gasteiger partial charge in [-0.15, -0.1) is 0 Å². The van der Waals surface area contributed by atoms with E-state index < -0.39 is 22.9 Å². The number of rotatable bonds is 8. The van der Waals surface area contributed by atoms with Gasteiger partial charge in [0.1, 0.15) is 11.4 Å². The lowest BCUT2D eigenvalue weighted by atomic mass is 10.1. The van der Waals surface area contributed by atoms with Gasteiger partial charge in [-0.1, -0.05) is 36.4 Å². The summed E-state index contributed by atoms with van der Waals surface area (Å²) in [6.07, 6.45) is 0.650. The van der Waals surface area contributed by atoms with E-state index in [1.54, 1.807) is 60.7 Å². The third-order valence-corrected chi connectivity index (χ3v) is 5.76. The van der Waals surface area contributed by atoms with Crippen LogP contribution in [0.25, 0.3) is 0 Å². The van der Waals surface area contributed by atoms with Crippen LogP contribution in [0.3, 0.4) is 0 Å². The molecule has 9 nitrogen and oxygen atoms in total. The van der Waals surface area contributed by atoms with Gasteiger partial charge in [-0.25, -0.2) is 4.79 Å². The number of nitrogens with one attached hydrogen (secondary N) is 1. The van der Waals surface area contributed by atoms with Gasteiger partial charge in [0, 0.05) is 36.5 Å². The molecule has 0 aliphatic carbocycles. The van der Waals surface area contributed by atoms with Crippen molar-refractivity contribution in [2.75, 3.05) is 30.4 Å². The minimum Gasteiger partial charge on any atom is -0.497 e. The van der Waals surface area contributed by atoms with Crippen molar-refractivity contribution < 1.29 is 24.0 Å². The molecule has 9 heteroatoms. The Morgan fingerprint density at radius 3 is 2.43 bits per heavy atom. The molecule has 0 bridgehead atoms. The molecule has 1 fully saturated rings. The van der Waals surface area contributed by atoms with Crippen LogP contribution in [0.15, 0.2) is 72.8 Å². The Labute approximate surface area is 202 Å². The molecule has 0 aromatic heterocycles. The predicted octanol–water partition coefficient (Wildman–Crippen LogP) is 4.74. The van der Waals surface area contributed by atoms with Gasteiger partial charge in [-0.3, -0.25) is 14.9 Å². The fraction of sp³-hybridized carbons (Fsp3) is 0.231. The van der Waals surface area contributed by atoms with E-state index in [2.05, 4.69) is 5.32 Å². The van der Waals surface area contributed by atoms with Gasteiger partial charge in [0.2, 0.25) is 6.10 Å². The molecule has 1 aliphatic rings. The van der Waals surface area contributed by atoms with Crippen LogP contribution in [0.5, 0.6) is 5.75 Å².